The minimum Gasteiger partial charge on any atom is -0.490 e. The number of methoxy groups -OCH3 is 1. The number of ether oxygens (including phenoxy) is 3. The van der Waals surface area contributed by atoms with E-state index in [4.69, 9.17) is 14.2 Å². The van der Waals surface area contributed by atoms with E-state index in [0.29, 0.717) is 46.8 Å². The summed E-state index contributed by atoms with van der Waals surface area (Å²) in [5, 5.41) is 5.71. The van der Waals surface area contributed by atoms with E-state index in [1.54, 1.807) is 49.6 Å². The zero-order valence-electron chi connectivity index (χ0n) is 16.8. The van der Waals surface area contributed by atoms with Crippen LogP contribution in [0.15, 0.2) is 46.9 Å². The molecule has 1 saturated heterocycles. The van der Waals surface area contributed by atoms with Crippen molar-refractivity contribution in [3.8, 4) is 5.75 Å². The van der Waals surface area contributed by atoms with Crippen LogP contribution in [0, 0.1) is 0 Å². The summed E-state index contributed by atoms with van der Waals surface area (Å²) >= 11 is 3.42. The zero-order chi connectivity index (χ0) is 21.3. The van der Waals surface area contributed by atoms with E-state index >= 15 is 0 Å². The molecule has 2 N–H and O–H groups in total. The monoisotopic (exact) mass is 476 g/mol. The van der Waals surface area contributed by atoms with Gasteiger partial charge in [0.1, 0.15) is 12.4 Å². The fourth-order valence-corrected chi connectivity index (χ4v) is 3.58. The first-order chi connectivity index (χ1) is 14.6. The minimum absolute atomic E-state index is 0.0534. The summed E-state index contributed by atoms with van der Waals surface area (Å²) in [6, 6.07) is 12.0. The first-order valence-corrected chi connectivity index (χ1v) is 10.6. The van der Waals surface area contributed by atoms with E-state index in [1.807, 2.05) is 0 Å². The normalized spacial score (nSPS) is 15.6. The average Bonchev–Trinajstić information content (AvgIpc) is 3.27. The summed E-state index contributed by atoms with van der Waals surface area (Å²) < 4.78 is 16.7. The minimum atomic E-state index is -0.321. The number of amides is 2. The quantitative estimate of drug-likeness (QED) is 0.539. The van der Waals surface area contributed by atoms with E-state index in [1.165, 1.54) is 0 Å². The molecule has 0 radical (unpaired) electrons. The van der Waals surface area contributed by atoms with E-state index in [-0.39, 0.29) is 17.9 Å². The predicted octanol–water partition coefficient (Wildman–Crippen LogP) is 3.64. The fraction of sp³-hybridized carbons (Fsp3) is 0.364. The Balaban J connectivity index is 1.65. The van der Waals surface area contributed by atoms with Crippen molar-refractivity contribution < 1.29 is 23.8 Å². The number of hydrogen-bond donors (Lipinski definition) is 2. The molecule has 1 fully saturated rings. The van der Waals surface area contributed by atoms with Crippen molar-refractivity contribution in [1.82, 2.24) is 5.32 Å². The Labute approximate surface area is 184 Å². The maximum atomic E-state index is 12.7. The molecule has 2 amide bonds. The second-order valence-corrected chi connectivity index (χ2v) is 7.69. The highest BCUT2D eigenvalue weighted by molar-refractivity contribution is 9.10. The van der Waals surface area contributed by atoms with Crippen molar-refractivity contribution in [2.75, 3.05) is 38.8 Å². The molecule has 8 heteroatoms. The number of rotatable bonds is 9. The molecule has 1 aliphatic heterocycles. The highest BCUT2D eigenvalue weighted by Crippen LogP contribution is 2.27. The van der Waals surface area contributed by atoms with E-state index in [9.17, 15) is 9.59 Å². The largest absolute Gasteiger partial charge is 0.490 e. The maximum absolute atomic E-state index is 12.7. The van der Waals surface area contributed by atoms with Gasteiger partial charge >= 0.3 is 0 Å². The summed E-state index contributed by atoms with van der Waals surface area (Å²) in [6.45, 7) is 2.08. The van der Waals surface area contributed by atoms with Gasteiger partial charge in [0.05, 0.1) is 28.4 Å². The molecule has 0 bridgehead atoms. The van der Waals surface area contributed by atoms with Gasteiger partial charge in [-0.15, -0.1) is 0 Å². The number of para-hydroxylation sites is 1. The molecular weight excluding hydrogens is 452 g/mol. The molecule has 1 atom stereocenters. The predicted molar refractivity (Wildman–Crippen MR) is 117 cm³/mol. The molecule has 7 nitrogen and oxygen atoms in total. The van der Waals surface area contributed by atoms with E-state index in [0.717, 1.165) is 19.4 Å². The third kappa shape index (κ3) is 6.04. The molecule has 30 heavy (non-hydrogen) atoms. The summed E-state index contributed by atoms with van der Waals surface area (Å²) in [7, 11) is 1.60. The van der Waals surface area contributed by atoms with Crippen LogP contribution in [0.3, 0.4) is 0 Å². The molecule has 160 valence electrons. The lowest BCUT2D eigenvalue weighted by atomic mass is 10.1. The van der Waals surface area contributed by atoms with Crippen molar-refractivity contribution in [2.24, 2.45) is 0 Å². The molecule has 1 unspecified atom stereocenters. The first-order valence-electron chi connectivity index (χ1n) is 9.80. The lowest BCUT2D eigenvalue weighted by molar-refractivity contribution is 0.0858. The molecule has 3 rings (SSSR count). The third-order valence-electron chi connectivity index (χ3n) is 4.67. The highest BCUT2D eigenvalue weighted by atomic mass is 79.9. The van der Waals surface area contributed by atoms with Crippen molar-refractivity contribution >= 4 is 33.4 Å². The number of hydrogen-bond acceptors (Lipinski definition) is 5. The Kier molecular flexibility index (Phi) is 8.24. The average molecular weight is 477 g/mol. The number of benzene rings is 2. The first kappa shape index (κ1) is 22.3. The highest BCUT2D eigenvalue weighted by Gasteiger charge is 2.19. The molecule has 2 aromatic carbocycles. The number of carbonyl (C=O) groups excluding carboxylic acids is 2. The number of carbonyl (C=O) groups is 2. The lowest BCUT2D eigenvalue weighted by Crippen LogP contribution is -2.32. The lowest BCUT2D eigenvalue weighted by Gasteiger charge is -2.14. The van der Waals surface area contributed by atoms with Crippen LogP contribution < -0.4 is 15.4 Å². The molecular formula is C22H25BrN2O5. The van der Waals surface area contributed by atoms with Crippen LogP contribution in [0.2, 0.25) is 0 Å². The van der Waals surface area contributed by atoms with Crippen LogP contribution >= 0.6 is 15.9 Å². The van der Waals surface area contributed by atoms with Crippen molar-refractivity contribution in [3.63, 3.8) is 0 Å². The van der Waals surface area contributed by atoms with Gasteiger partial charge < -0.3 is 24.8 Å². The Hall–Kier alpha value is -2.42. The number of anilines is 1. The summed E-state index contributed by atoms with van der Waals surface area (Å²) in [5.74, 6) is 0.0560. The second-order valence-electron chi connectivity index (χ2n) is 6.83. The van der Waals surface area contributed by atoms with Gasteiger partial charge in [-0.05, 0) is 59.1 Å². The Morgan fingerprint density at radius 1 is 1.17 bits per heavy atom. The summed E-state index contributed by atoms with van der Waals surface area (Å²) in [6.07, 6.45) is 2.01. The van der Waals surface area contributed by atoms with Gasteiger partial charge in [-0.1, -0.05) is 12.1 Å². The van der Waals surface area contributed by atoms with Gasteiger partial charge in [-0.2, -0.15) is 0 Å². The van der Waals surface area contributed by atoms with Crippen molar-refractivity contribution in [3.05, 3.63) is 58.1 Å². The summed E-state index contributed by atoms with van der Waals surface area (Å²) in [5.41, 5.74) is 1.29. The van der Waals surface area contributed by atoms with E-state index < -0.39 is 0 Å². The van der Waals surface area contributed by atoms with Gasteiger partial charge in [0, 0.05) is 25.8 Å². The van der Waals surface area contributed by atoms with Crippen LogP contribution in [0.5, 0.6) is 5.75 Å². The third-order valence-corrected chi connectivity index (χ3v) is 5.29. The standard InChI is InChI=1S/C22H25BrN2O5/c1-28-11-12-30-20-9-8-15(13-18(20)23)21(26)25-19-7-3-2-6-17(19)22(27)24-14-16-5-4-10-29-16/h2-3,6-9,13,16H,4-5,10-12,14H2,1H3,(H,24,27)(H,25,26). The Bertz CT molecular complexity index is 884. The second kappa shape index (κ2) is 11.1. The van der Waals surface area contributed by atoms with Crippen LogP contribution in [0.4, 0.5) is 5.69 Å². The molecule has 2 aromatic rings. The molecule has 0 aromatic heterocycles. The van der Waals surface area contributed by atoms with Gasteiger partial charge in [-0.25, -0.2) is 0 Å². The number of halogens is 1. The van der Waals surface area contributed by atoms with Crippen molar-refractivity contribution in [2.45, 2.75) is 18.9 Å². The fourth-order valence-electron chi connectivity index (χ4n) is 3.09. The maximum Gasteiger partial charge on any atom is 0.255 e. The molecule has 1 aliphatic rings. The van der Waals surface area contributed by atoms with Crippen molar-refractivity contribution in [1.29, 1.82) is 0 Å². The molecule has 0 spiro atoms. The van der Waals surface area contributed by atoms with Gasteiger partial charge in [0.25, 0.3) is 11.8 Å². The molecule has 0 saturated carbocycles. The zero-order valence-corrected chi connectivity index (χ0v) is 18.4. The smallest absolute Gasteiger partial charge is 0.255 e. The van der Waals surface area contributed by atoms with Gasteiger partial charge in [0.15, 0.2) is 0 Å². The van der Waals surface area contributed by atoms with Gasteiger partial charge in [0.2, 0.25) is 0 Å². The summed E-state index contributed by atoms with van der Waals surface area (Å²) in [4.78, 5) is 25.3. The number of nitrogens with one attached hydrogen (secondary N) is 2. The van der Waals surface area contributed by atoms with E-state index in [2.05, 4.69) is 26.6 Å². The Morgan fingerprint density at radius 3 is 2.73 bits per heavy atom. The Morgan fingerprint density at radius 2 is 2.00 bits per heavy atom. The SMILES string of the molecule is COCCOc1ccc(C(=O)Nc2ccccc2C(=O)NCC2CCCO2)cc1Br. The van der Waals surface area contributed by atoms with Crippen LogP contribution in [-0.2, 0) is 9.47 Å². The van der Waals surface area contributed by atoms with Crippen LogP contribution in [0.25, 0.3) is 0 Å². The topological polar surface area (TPSA) is 85.9 Å². The molecule has 1 heterocycles. The van der Waals surface area contributed by atoms with Crippen LogP contribution in [-0.4, -0.2) is 51.4 Å². The van der Waals surface area contributed by atoms with Crippen LogP contribution in [0.1, 0.15) is 33.6 Å². The molecule has 0 aliphatic carbocycles. The van der Waals surface area contributed by atoms with Gasteiger partial charge in [-0.3, -0.25) is 9.59 Å².